The van der Waals surface area contributed by atoms with Crippen molar-refractivity contribution in [3.8, 4) is 0 Å². The maximum absolute atomic E-state index is 12.2. The van der Waals surface area contributed by atoms with Crippen LogP contribution in [-0.2, 0) is 6.54 Å². The average molecular weight is 324 g/mol. The zero-order valence-corrected chi connectivity index (χ0v) is 12.7. The van der Waals surface area contributed by atoms with E-state index in [-0.39, 0.29) is 5.91 Å². The second kappa shape index (κ2) is 5.67. The van der Waals surface area contributed by atoms with Crippen LogP contribution in [0.2, 0.25) is 0 Å². The normalized spacial score (nSPS) is 10.4. The van der Waals surface area contributed by atoms with Gasteiger partial charge in [-0.2, -0.15) is 0 Å². The molecule has 0 N–H and O–H groups in total. The van der Waals surface area contributed by atoms with Crippen molar-refractivity contribution in [1.29, 1.82) is 0 Å². The van der Waals surface area contributed by atoms with Crippen molar-refractivity contribution in [1.82, 2.24) is 4.90 Å². The van der Waals surface area contributed by atoms with Crippen molar-refractivity contribution in [2.75, 3.05) is 7.05 Å². The van der Waals surface area contributed by atoms with Crippen molar-refractivity contribution in [2.45, 2.75) is 13.5 Å². The van der Waals surface area contributed by atoms with Gasteiger partial charge in [0.05, 0.1) is 6.54 Å². The lowest BCUT2D eigenvalue weighted by atomic mass is 10.1. The molecule has 2 rings (SSSR count). The first kappa shape index (κ1) is 13.3. The van der Waals surface area contributed by atoms with E-state index in [1.807, 2.05) is 49.7 Å². The van der Waals surface area contributed by atoms with Crippen LogP contribution in [0.15, 0.2) is 40.2 Å². The Hall–Kier alpha value is -1.13. The SMILES string of the molecule is Cc1cc(C(=O)N(C)Cc2cccs2)ccc1Br. The fourth-order valence-corrected chi connectivity index (χ4v) is 2.71. The number of halogens is 1. The van der Waals surface area contributed by atoms with E-state index in [0.717, 1.165) is 15.6 Å². The molecule has 0 aliphatic rings. The molecule has 94 valence electrons. The van der Waals surface area contributed by atoms with Crippen molar-refractivity contribution < 1.29 is 4.79 Å². The van der Waals surface area contributed by atoms with E-state index in [2.05, 4.69) is 15.9 Å². The molecule has 0 unspecified atom stereocenters. The van der Waals surface area contributed by atoms with Crippen LogP contribution in [0.25, 0.3) is 0 Å². The van der Waals surface area contributed by atoms with E-state index in [4.69, 9.17) is 0 Å². The standard InChI is InChI=1S/C14H14BrNOS/c1-10-8-11(5-6-13(10)15)14(17)16(2)9-12-4-3-7-18-12/h3-8H,9H2,1-2H3. The van der Waals surface area contributed by atoms with Gasteiger partial charge in [0.25, 0.3) is 5.91 Å². The van der Waals surface area contributed by atoms with Gasteiger partial charge in [0.2, 0.25) is 0 Å². The predicted octanol–water partition coefficient (Wildman–Crippen LogP) is 4.09. The van der Waals surface area contributed by atoms with Gasteiger partial charge in [-0.15, -0.1) is 11.3 Å². The van der Waals surface area contributed by atoms with Gasteiger partial charge < -0.3 is 4.90 Å². The summed E-state index contributed by atoms with van der Waals surface area (Å²) in [4.78, 5) is 15.2. The largest absolute Gasteiger partial charge is 0.337 e. The summed E-state index contributed by atoms with van der Waals surface area (Å²) in [6.45, 7) is 2.64. The van der Waals surface area contributed by atoms with Crippen molar-refractivity contribution in [2.24, 2.45) is 0 Å². The van der Waals surface area contributed by atoms with Crippen LogP contribution >= 0.6 is 27.3 Å². The Balaban J connectivity index is 2.12. The lowest BCUT2D eigenvalue weighted by Crippen LogP contribution is -2.25. The summed E-state index contributed by atoms with van der Waals surface area (Å²) < 4.78 is 1.03. The van der Waals surface area contributed by atoms with Crippen LogP contribution in [-0.4, -0.2) is 17.9 Å². The van der Waals surface area contributed by atoms with Crippen LogP contribution in [0.4, 0.5) is 0 Å². The molecule has 2 aromatic rings. The number of benzene rings is 1. The molecule has 18 heavy (non-hydrogen) atoms. The molecule has 1 aromatic heterocycles. The summed E-state index contributed by atoms with van der Waals surface area (Å²) in [5, 5.41) is 2.03. The van der Waals surface area contributed by atoms with Gasteiger partial charge >= 0.3 is 0 Å². The third kappa shape index (κ3) is 3.00. The quantitative estimate of drug-likeness (QED) is 0.833. The minimum absolute atomic E-state index is 0.0546. The van der Waals surface area contributed by atoms with Crippen molar-refractivity contribution >= 4 is 33.2 Å². The first-order chi connectivity index (χ1) is 8.58. The molecule has 0 atom stereocenters. The molecule has 4 heteroatoms. The van der Waals surface area contributed by atoms with E-state index in [1.165, 1.54) is 4.88 Å². The van der Waals surface area contributed by atoms with Gasteiger partial charge in [0, 0.05) is 22.0 Å². The summed E-state index contributed by atoms with van der Waals surface area (Å²) >= 11 is 5.11. The summed E-state index contributed by atoms with van der Waals surface area (Å²) in [7, 11) is 1.83. The van der Waals surface area contributed by atoms with Crippen molar-refractivity contribution in [3.05, 3.63) is 56.2 Å². The van der Waals surface area contributed by atoms with Gasteiger partial charge in [-0.25, -0.2) is 0 Å². The first-order valence-corrected chi connectivity index (χ1v) is 7.29. The summed E-state index contributed by atoms with van der Waals surface area (Å²) in [5.74, 6) is 0.0546. The first-order valence-electron chi connectivity index (χ1n) is 5.62. The number of hydrogen-bond acceptors (Lipinski definition) is 2. The Bertz CT molecular complexity index is 551. The van der Waals surface area contributed by atoms with Gasteiger partial charge in [-0.1, -0.05) is 22.0 Å². The molecule has 1 heterocycles. The van der Waals surface area contributed by atoms with Crippen LogP contribution < -0.4 is 0 Å². The Kier molecular flexibility index (Phi) is 4.19. The molecular formula is C14H14BrNOS. The summed E-state index contributed by atoms with van der Waals surface area (Å²) in [6.07, 6.45) is 0. The highest BCUT2D eigenvalue weighted by Gasteiger charge is 2.13. The highest BCUT2D eigenvalue weighted by molar-refractivity contribution is 9.10. The number of thiophene rings is 1. The Morgan fingerprint density at radius 2 is 2.17 bits per heavy atom. The minimum atomic E-state index is 0.0546. The number of carbonyl (C=O) groups is 1. The van der Waals surface area contributed by atoms with E-state index >= 15 is 0 Å². The fourth-order valence-electron chi connectivity index (χ4n) is 1.71. The second-order valence-corrected chi connectivity index (χ2v) is 6.09. The molecule has 1 aromatic carbocycles. The third-order valence-electron chi connectivity index (χ3n) is 2.72. The number of amides is 1. The topological polar surface area (TPSA) is 20.3 Å². The molecule has 1 amide bonds. The van der Waals surface area contributed by atoms with Crippen LogP contribution in [0, 0.1) is 6.92 Å². The van der Waals surface area contributed by atoms with Gasteiger partial charge in [0.15, 0.2) is 0 Å². The smallest absolute Gasteiger partial charge is 0.253 e. The molecule has 0 fully saturated rings. The maximum Gasteiger partial charge on any atom is 0.253 e. The fraction of sp³-hybridized carbons (Fsp3) is 0.214. The number of carbonyl (C=O) groups excluding carboxylic acids is 1. The van der Waals surface area contributed by atoms with Gasteiger partial charge in [-0.3, -0.25) is 4.79 Å². The second-order valence-electron chi connectivity index (χ2n) is 4.20. The molecule has 0 bridgehead atoms. The molecule has 2 nitrogen and oxygen atoms in total. The summed E-state index contributed by atoms with van der Waals surface area (Å²) in [5.41, 5.74) is 1.81. The van der Waals surface area contributed by atoms with E-state index in [1.54, 1.807) is 16.2 Å². The lowest BCUT2D eigenvalue weighted by molar-refractivity contribution is 0.0786. The van der Waals surface area contributed by atoms with E-state index < -0.39 is 0 Å². The van der Waals surface area contributed by atoms with E-state index in [9.17, 15) is 4.79 Å². The monoisotopic (exact) mass is 323 g/mol. The molecule has 0 aliphatic heterocycles. The Morgan fingerprint density at radius 3 is 2.78 bits per heavy atom. The zero-order chi connectivity index (χ0) is 13.1. The molecule has 0 radical (unpaired) electrons. The number of hydrogen-bond donors (Lipinski definition) is 0. The number of rotatable bonds is 3. The molecular weight excluding hydrogens is 310 g/mol. The Morgan fingerprint density at radius 1 is 1.39 bits per heavy atom. The molecule has 0 saturated carbocycles. The maximum atomic E-state index is 12.2. The number of nitrogens with zero attached hydrogens (tertiary/aromatic N) is 1. The molecule has 0 saturated heterocycles. The highest BCUT2D eigenvalue weighted by Crippen LogP contribution is 2.19. The van der Waals surface area contributed by atoms with Gasteiger partial charge in [0.1, 0.15) is 0 Å². The van der Waals surface area contributed by atoms with E-state index in [0.29, 0.717) is 6.54 Å². The van der Waals surface area contributed by atoms with Gasteiger partial charge in [-0.05, 0) is 42.1 Å². The third-order valence-corrected chi connectivity index (χ3v) is 4.48. The highest BCUT2D eigenvalue weighted by atomic mass is 79.9. The molecule has 0 aliphatic carbocycles. The lowest BCUT2D eigenvalue weighted by Gasteiger charge is -2.16. The van der Waals surface area contributed by atoms with Crippen LogP contribution in [0.1, 0.15) is 20.8 Å². The zero-order valence-electron chi connectivity index (χ0n) is 10.3. The molecule has 0 spiro atoms. The number of aryl methyl sites for hydroxylation is 1. The predicted molar refractivity (Wildman–Crippen MR) is 79.0 cm³/mol. The summed E-state index contributed by atoms with van der Waals surface area (Å²) in [6, 6.07) is 9.73. The van der Waals surface area contributed by atoms with Crippen LogP contribution in [0.5, 0.6) is 0 Å². The Labute approximate surface area is 119 Å². The van der Waals surface area contributed by atoms with Crippen LogP contribution in [0.3, 0.4) is 0 Å². The average Bonchev–Trinajstić information content (AvgIpc) is 2.84. The van der Waals surface area contributed by atoms with Crippen molar-refractivity contribution in [3.63, 3.8) is 0 Å². The minimum Gasteiger partial charge on any atom is -0.337 e.